The summed E-state index contributed by atoms with van der Waals surface area (Å²) >= 11 is 0. The van der Waals surface area contributed by atoms with E-state index in [1.54, 1.807) is 16.9 Å². The van der Waals surface area contributed by atoms with Crippen molar-refractivity contribution in [1.82, 2.24) is 19.5 Å². The minimum absolute atomic E-state index is 0.0251. The van der Waals surface area contributed by atoms with Crippen molar-refractivity contribution in [3.63, 3.8) is 0 Å². The van der Waals surface area contributed by atoms with E-state index in [4.69, 9.17) is 0 Å². The molecule has 0 aliphatic heterocycles. The molecular formula is C19H20N4O. The molecule has 0 unspecified atom stereocenters. The Hall–Kier alpha value is -2.69. The van der Waals surface area contributed by atoms with Gasteiger partial charge in [-0.2, -0.15) is 5.10 Å². The molecule has 0 spiro atoms. The summed E-state index contributed by atoms with van der Waals surface area (Å²) in [6.45, 7) is 3.57. The zero-order valence-electron chi connectivity index (χ0n) is 13.7. The second-order valence-electron chi connectivity index (χ2n) is 6.28. The summed E-state index contributed by atoms with van der Waals surface area (Å²) in [5.41, 5.74) is 3.19. The van der Waals surface area contributed by atoms with Gasteiger partial charge in [0.05, 0.1) is 11.9 Å². The highest BCUT2D eigenvalue weighted by Crippen LogP contribution is 2.30. The normalized spacial score (nSPS) is 14.0. The first-order valence-corrected chi connectivity index (χ1v) is 8.45. The predicted octanol–water partition coefficient (Wildman–Crippen LogP) is 3.27. The molecule has 1 amide bonds. The fourth-order valence-electron chi connectivity index (χ4n) is 3.01. The Kier molecular flexibility index (Phi) is 3.76. The number of aromatic nitrogens is 3. The van der Waals surface area contributed by atoms with Crippen LogP contribution in [0.3, 0.4) is 0 Å². The molecule has 0 radical (unpaired) electrons. The molecule has 122 valence electrons. The lowest BCUT2D eigenvalue weighted by molar-refractivity contribution is 0.0758. The van der Waals surface area contributed by atoms with Gasteiger partial charge in [-0.25, -0.2) is 9.50 Å². The van der Waals surface area contributed by atoms with E-state index in [9.17, 15) is 4.79 Å². The molecule has 1 saturated carbocycles. The van der Waals surface area contributed by atoms with Crippen LogP contribution in [0.15, 0.2) is 48.8 Å². The van der Waals surface area contributed by atoms with Gasteiger partial charge >= 0.3 is 0 Å². The van der Waals surface area contributed by atoms with Gasteiger partial charge in [0.1, 0.15) is 5.56 Å². The van der Waals surface area contributed by atoms with Crippen molar-refractivity contribution >= 4 is 11.6 Å². The molecule has 1 aliphatic carbocycles. The summed E-state index contributed by atoms with van der Waals surface area (Å²) in [7, 11) is 0. The smallest absolute Gasteiger partial charge is 0.259 e. The summed E-state index contributed by atoms with van der Waals surface area (Å²) in [6.07, 6.45) is 5.85. The maximum atomic E-state index is 12.9. The fraction of sp³-hybridized carbons (Fsp3) is 0.316. The maximum Gasteiger partial charge on any atom is 0.259 e. The molecule has 0 atom stereocenters. The summed E-state index contributed by atoms with van der Waals surface area (Å²) in [6, 6.07) is 12.0. The minimum atomic E-state index is 0.0251. The van der Waals surface area contributed by atoms with Crippen LogP contribution in [-0.2, 0) is 0 Å². The second-order valence-corrected chi connectivity index (χ2v) is 6.28. The molecule has 0 N–H and O–H groups in total. The Labute approximate surface area is 140 Å². The van der Waals surface area contributed by atoms with Crippen LogP contribution in [0.5, 0.6) is 0 Å². The van der Waals surface area contributed by atoms with Crippen LogP contribution in [0.4, 0.5) is 0 Å². The lowest BCUT2D eigenvalue weighted by atomic mass is 10.1. The van der Waals surface area contributed by atoms with Crippen LogP contribution in [-0.4, -0.2) is 38.5 Å². The van der Waals surface area contributed by atoms with Gasteiger partial charge in [0.25, 0.3) is 5.91 Å². The van der Waals surface area contributed by atoms with E-state index in [1.165, 1.54) is 12.8 Å². The molecule has 5 heteroatoms. The Balaban J connectivity index is 1.74. The molecule has 1 aliphatic rings. The highest BCUT2D eigenvalue weighted by molar-refractivity contribution is 5.99. The lowest BCUT2D eigenvalue weighted by Gasteiger charge is -2.19. The van der Waals surface area contributed by atoms with Crippen molar-refractivity contribution in [2.75, 3.05) is 13.1 Å². The van der Waals surface area contributed by atoms with Crippen molar-refractivity contribution in [2.45, 2.75) is 19.8 Å². The van der Waals surface area contributed by atoms with E-state index in [-0.39, 0.29) is 5.91 Å². The topological polar surface area (TPSA) is 50.5 Å². The molecule has 4 rings (SSSR count). The Morgan fingerprint density at radius 3 is 2.75 bits per heavy atom. The SMILES string of the molecule is CCN(CC1CC1)C(=O)c1cnn2c(-c3ccccc3)ccnc12. The van der Waals surface area contributed by atoms with Crippen molar-refractivity contribution < 1.29 is 4.79 Å². The first-order valence-electron chi connectivity index (χ1n) is 8.45. The van der Waals surface area contributed by atoms with Gasteiger partial charge in [-0.1, -0.05) is 30.3 Å². The maximum absolute atomic E-state index is 12.9. The van der Waals surface area contributed by atoms with Crippen LogP contribution in [0.25, 0.3) is 16.9 Å². The first kappa shape index (κ1) is 14.9. The number of hydrogen-bond donors (Lipinski definition) is 0. The molecule has 0 bridgehead atoms. The van der Waals surface area contributed by atoms with E-state index < -0.39 is 0 Å². The van der Waals surface area contributed by atoms with E-state index >= 15 is 0 Å². The number of hydrogen-bond acceptors (Lipinski definition) is 3. The van der Waals surface area contributed by atoms with Crippen LogP contribution in [0, 0.1) is 5.92 Å². The highest BCUT2D eigenvalue weighted by atomic mass is 16.2. The number of nitrogens with zero attached hydrogens (tertiary/aromatic N) is 4. The van der Waals surface area contributed by atoms with Gasteiger partial charge in [0, 0.05) is 24.8 Å². The van der Waals surface area contributed by atoms with Crippen LogP contribution < -0.4 is 0 Å². The minimum Gasteiger partial charge on any atom is -0.338 e. The fourth-order valence-corrected chi connectivity index (χ4v) is 3.01. The molecule has 1 fully saturated rings. The van der Waals surface area contributed by atoms with Crippen molar-refractivity contribution in [3.8, 4) is 11.3 Å². The number of carbonyl (C=O) groups is 1. The summed E-state index contributed by atoms with van der Waals surface area (Å²) in [5, 5.41) is 4.43. The Bertz CT molecular complexity index is 867. The molecule has 2 heterocycles. The average Bonchev–Trinajstić information content (AvgIpc) is 3.35. The van der Waals surface area contributed by atoms with Crippen LogP contribution in [0.2, 0.25) is 0 Å². The van der Waals surface area contributed by atoms with Gasteiger partial charge < -0.3 is 4.90 Å². The predicted molar refractivity (Wildman–Crippen MR) is 92.7 cm³/mol. The van der Waals surface area contributed by atoms with Gasteiger partial charge in [-0.05, 0) is 31.7 Å². The monoisotopic (exact) mass is 320 g/mol. The molecule has 24 heavy (non-hydrogen) atoms. The molecule has 2 aromatic heterocycles. The van der Waals surface area contributed by atoms with E-state index in [0.717, 1.165) is 17.8 Å². The van der Waals surface area contributed by atoms with E-state index in [0.29, 0.717) is 23.7 Å². The van der Waals surface area contributed by atoms with Crippen molar-refractivity contribution in [1.29, 1.82) is 0 Å². The molecular weight excluding hydrogens is 300 g/mol. The zero-order chi connectivity index (χ0) is 16.5. The summed E-state index contributed by atoms with van der Waals surface area (Å²) < 4.78 is 1.76. The number of rotatable bonds is 5. The van der Waals surface area contributed by atoms with Gasteiger partial charge in [-0.3, -0.25) is 4.79 Å². The summed E-state index contributed by atoms with van der Waals surface area (Å²) in [5.74, 6) is 0.695. The third-order valence-corrected chi connectivity index (χ3v) is 4.55. The number of amides is 1. The quantitative estimate of drug-likeness (QED) is 0.725. The van der Waals surface area contributed by atoms with Crippen LogP contribution >= 0.6 is 0 Å². The third kappa shape index (κ3) is 2.66. The van der Waals surface area contributed by atoms with Crippen LogP contribution in [0.1, 0.15) is 30.1 Å². The number of carbonyl (C=O) groups excluding carboxylic acids is 1. The van der Waals surface area contributed by atoms with Gasteiger partial charge in [-0.15, -0.1) is 0 Å². The standard InChI is InChI=1S/C19H20N4O/c1-2-22(13-14-8-9-14)19(24)16-12-21-23-17(10-11-20-18(16)23)15-6-4-3-5-7-15/h3-7,10-12,14H,2,8-9,13H2,1H3. The zero-order valence-corrected chi connectivity index (χ0v) is 13.7. The number of benzene rings is 1. The second kappa shape index (κ2) is 6.07. The van der Waals surface area contributed by atoms with E-state index in [1.807, 2.05) is 48.2 Å². The first-order chi connectivity index (χ1) is 11.8. The molecule has 1 aromatic carbocycles. The Morgan fingerprint density at radius 1 is 1.25 bits per heavy atom. The Morgan fingerprint density at radius 2 is 2.04 bits per heavy atom. The van der Waals surface area contributed by atoms with Gasteiger partial charge in [0.2, 0.25) is 0 Å². The van der Waals surface area contributed by atoms with Crippen molar-refractivity contribution in [3.05, 3.63) is 54.4 Å². The molecule has 5 nitrogen and oxygen atoms in total. The highest BCUT2D eigenvalue weighted by Gasteiger charge is 2.28. The molecule has 0 saturated heterocycles. The van der Waals surface area contributed by atoms with Crippen molar-refractivity contribution in [2.24, 2.45) is 5.92 Å². The summed E-state index contributed by atoms with van der Waals surface area (Å²) in [4.78, 5) is 19.2. The largest absolute Gasteiger partial charge is 0.338 e. The number of fused-ring (bicyclic) bond motifs is 1. The average molecular weight is 320 g/mol. The van der Waals surface area contributed by atoms with Gasteiger partial charge in [0.15, 0.2) is 5.65 Å². The third-order valence-electron chi connectivity index (χ3n) is 4.55. The molecule has 3 aromatic rings. The lowest BCUT2D eigenvalue weighted by Crippen LogP contribution is -2.32. The van der Waals surface area contributed by atoms with E-state index in [2.05, 4.69) is 10.1 Å².